The maximum absolute atomic E-state index is 4.63. The van der Waals surface area contributed by atoms with Crippen molar-refractivity contribution < 1.29 is 0 Å². The van der Waals surface area contributed by atoms with Gasteiger partial charge < -0.3 is 5.32 Å². The standard InChI is InChI=1S/C14H25N3S/c1-6-18-9-14-16-11(3)13(12(4)17-14)7-10(2)8-15-5/h10,15H,6-9H2,1-5H3. The first-order chi connectivity index (χ1) is 8.58. The molecule has 1 rings (SSSR count). The summed E-state index contributed by atoms with van der Waals surface area (Å²) in [6.45, 7) is 9.67. The van der Waals surface area contributed by atoms with Crippen molar-refractivity contribution in [3.8, 4) is 0 Å². The van der Waals surface area contributed by atoms with E-state index in [1.165, 1.54) is 5.56 Å². The van der Waals surface area contributed by atoms with Crippen LogP contribution in [0.15, 0.2) is 0 Å². The minimum atomic E-state index is 0.617. The number of nitrogens with one attached hydrogen (secondary N) is 1. The maximum atomic E-state index is 4.63. The van der Waals surface area contributed by atoms with Gasteiger partial charge in [0.05, 0.1) is 5.75 Å². The molecule has 0 bridgehead atoms. The van der Waals surface area contributed by atoms with Crippen molar-refractivity contribution in [3.05, 3.63) is 22.8 Å². The van der Waals surface area contributed by atoms with Gasteiger partial charge >= 0.3 is 0 Å². The van der Waals surface area contributed by atoms with E-state index in [2.05, 4.69) is 43.0 Å². The lowest BCUT2D eigenvalue weighted by Crippen LogP contribution is -2.19. The van der Waals surface area contributed by atoms with Crippen molar-refractivity contribution in [2.45, 2.75) is 39.9 Å². The molecule has 4 heteroatoms. The number of nitrogens with zero attached hydrogens (tertiary/aromatic N) is 2. The molecule has 0 aliphatic rings. The molecule has 0 saturated heterocycles. The topological polar surface area (TPSA) is 37.8 Å². The summed E-state index contributed by atoms with van der Waals surface area (Å²) in [5, 5.41) is 3.22. The molecule has 3 nitrogen and oxygen atoms in total. The molecule has 1 heterocycles. The van der Waals surface area contributed by atoms with Crippen LogP contribution in [0.2, 0.25) is 0 Å². The van der Waals surface area contributed by atoms with E-state index >= 15 is 0 Å². The summed E-state index contributed by atoms with van der Waals surface area (Å²) in [6.07, 6.45) is 1.06. The molecule has 1 aromatic heterocycles. The predicted octanol–water partition coefficient (Wildman–Crippen LogP) is 2.74. The van der Waals surface area contributed by atoms with E-state index in [0.29, 0.717) is 5.92 Å². The molecule has 0 aliphatic carbocycles. The molecule has 1 atom stereocenters. The molecule has 1 aromatic rings. The third kappa shape index (κ3) is 4.58. The Morgan fingerprint density at radius 2 is 1.83 bits per heavy atom. The first-order valence-corrected chi connectivity index (χ1v) is 7.79. The predicted molar refractivity (Wildman–Crippen MR) is 80.1 cm³/mol. The van der Waals surface area contributed by atoms with E-state index in [1.807, 2.05) is 18.8 Å². The summed E-state index contributed by atoms with van der Waals surface area (Å²) in [6, 6.07) is 0. The molecule has 0 fully saturated rings. The number of aromatic nitrogens is 2. The molecule has 0 spiro atoms. The Morgan fingerprint density at radius 3 is 2.33 bits per heavy atom. The normalized spacial score (nSPS) is 12.7. The minimum absolute atomic E-state index is 0.617. The van der Waals surface area contributed by atoms with Crippen LogP contribution in [0, 0.1) is 19.8 Å². The van der Waals surface area contributed by atoms with Crippen LogP contribution in [0.5, 0.6) is 0 Å². The van der Waals surface area contributed by atoms with Gasteiger partial charge in [0.15, 0.2) is 0 Å². The number of hydrogen-bond donors (Lipinski definition) is 1. The van der Waals surface area contributed by atoms with Crippen molar-refractivity contribution in [2.24, 2.45) is 5.92 Å². The van der Waals surface area contributed by atoms with E-state index in [0.717, 1.165) is 41.7 Å². The van der Waals surface area contributed by atoms with Gasteiger partial charge in [0, 0.05) is 11.4 Å². The molecular weight excluding hydrogens is 242 g/mol. The summed E-state index contributed by atoms with van der Waals surface area (Å²) in [7, 11) is 2.00. The number of thioether (sulfide) groups is 1. The van der Waals surface area contributed by atoms with Crippen LogP contribution >= 0.6 is 11.8 Å². The Hall–Kier alpha value is -0.610. The summed E-state index contributed by atoms with van der Waals surface area (Å²) < 4.78 is 0. The second-order valence-corrected chi connectivity index (χ2v) is 6.07. The van der Waals surface area contributed by atoms with Crippen molar-refractivity contribution in [2.75, 3.05) is 19.3 Å². The minimum Gasteiger partial charge on any atom is -0.319 e. The van der Waals surface area contributed by atoms with Gasteiger partial charge in [-0.25, -0.2) is 9.97 Å². The SMILES string of the molecule is CCSCc1nc(C)c(CC(C)CNC)c(C)n1. The van der Waals surface area contributed by atoms with Crippen molar-refractivity contribution in [1.29, 1.82) is 0 Å². The molecule has 0 radical (unpaired) electrons. The molecule has 0 aliphatic heterocycles. The highest BCUT2D eigenvalue weighted by atomic mass is 32.2. The van der Waals surface area contributed by atoms with Crippen LogP contribution in [0.25, 0.3) is 0 Å². The zero-order valence-electron chi connectivity index (χ0n) is 12.2. The largest absolute Gasteiger partial charge is 0.319 e. The molecule has 1 N–H and O–H groups in total. The summed E-state index contributed by atoms with van der Waals surface area (Å²) in [5.74, 6) is 3.63. The van der Waals surface area contributed by atoms with Crippen LogP contribution in [0.3, 0.4) is 0 Å². The Labute approximate surface area is 115 Å². The first kappa shape index (κ1) is 15.4. The molecule has 0 amide bonds. The smallest absolute Gasteiger partial charge is 0.138 e. The third-order valence-corrected chi connectivity index (χ3v) is 3.88. The molecule has 18 heavy (non-hydrogen) atoms. The van der Waals surface area contributed by atoms with Gasteiger partial charge in [0.25, 0.3) is 0 Å². The number of hydrogen-bond acceptors (Lipinski definition) is 4. The molecule has 102 valence electrons. The highest BCUT2D eigenvalue weighted by molar-refractivity contribution is 7.98. The maximum Gasteiger partial charge on any atom is 0.138 e. The van der Waals surface area contributed by atoms with Gasteiger partial charge in [0.2, 0.25) is 0 Å². The van der Waals surface area contributed by atoms with Crippen molar-refractivity contribution in [3.63, 3.8) is 0 Å². The fourth-order valence-corrected chi connectivity index (χ4v) is 2.65. The van der Waals surface area contributed by atoms with Crippen molar-refractivity contribution >= 4 is 11.8 Å². The van der Waals surface area contributed by atoms with Crippen LogP contribution < -0.4 is 5.32 Å². The van der Waals surface area contributed by atoms with Gasteiger partial charge in [-0.2, -0.15) is 11.8 Å². The van der Waals surface area contributed by atoms with Crippen LogP contribution in [-0.4, -0.2) is 29.3 Å². The first-order valence-electron chi connectivity index (χ1n) is 6.63. The van der Waals surface area contributed by atoms with Gasteiger partial charge in [0.1, 0.15) is 5.82 Å². The highest BCUT2D eigenvalue weighted by Crippen LogP contribution is 2.17. The monoisotopic (exact) mass is 267 g/mol. The second kappa shape index (κ2) is 7.74. The van der Waals surface area contributed by atoms with E-state index in [9.17, 15) is 0 Å². The van der Waals surface area contributed by atoms with Crippen molar-refractivity contribution in [1.82, 2.24) is 15.3 Å². The second-order valence-electron chi connectivity index (χ2n) is 4.79. The third-order valence-electron chi connectivity index (χ3n) is 3.01. The lowest BCUT2D eigenvalue weighted by atomic mass is 9.99. The quantitative estimate of drug-likeness (QED) is 0.824. The van der Waals surface area contributed by atoms with Crippen LogP contribution in [0.1, 0.15) is 36.6 Å². The van der Waals surface area contributed by atoms with Gasteiger partial charge in [-0.3, -0.25) is 0 Å². The average molecular weight is 267 g/mol. The Balaban J connectivity index is 2.80. The Morgan fingerprint density at radius 1 is 1.22 bits per heavy atom. The summed E-state index contributed by atoms with van der Waals surface area (Å²) in [5.41, 5.74) is 3.62. The zero-order chi connectivity index (χ0) is 13.5. The van der Waals surface area contributed by atoms with E-state index < -0.39 is 0 Å². The average Bonchev–Trinajstić information content (AvgIpc) is 2.31. The fraction of sp³-hybridized carbons (Fsp3) is 0.714. The summed E-state index contributed by atoms with van der Waals surface area (Å²) >= 11 is 1.87. The van der Waals surface area contributed by atoms with E-state index in [1.54, 1.807) is 0 Å². The lowest BCUT2D eigenvalue weighted by molar-refractivity contribution is 0.536. The Bertz CT molecular complexity index is 356. The van der Waals surface area contributed by atoms with Gasteiger partial charge in [-0.05, 0) is 51.1 Å². The Kier molecular flexibility index (Phi) is 6.65. The van der Waals surface area contributed by atoms with E-state index in [-0.39, 0.29) is 0 Å². The fourth-order valence-electron chi connectivity index (χ4n) is 2.13. The van der Waals surface area contributed by atoms with Gasteiger partial charge in [-0.1, -0.05) is 13.8 Å². The number of aryl methyl sites for hydroxylation is 2. The van der Waals surface area contributed by atoms with E-state index in [4.69, 9.17) is 0 Å². The molecule has 0 saturated carbocycles. The van der Waals surface area contributed by atoms with Crippen LogP contribution in [0.4, 0.5) is 0 Å². The molecule has 1 unspecified atom stereocenters. The van der Waals surface area contributed by atoms with Gasteiger partial charge in [-0.15, -0.1) is 0 Å². The molecular formula is C14H25N3S. The summed E-state index contributed by atoms with van der Waals surface area (Å²) in [4.78, 5) is 9.26. The number of rotatable bonds is 7. The highest BCUT2D eigenvalue weighted by Gasteiger charge is 2.11. The molecule has 0 aromatic carbocycles. The zero-order valence-corrected chi connectivity index (χ0v) is 13.0. The van der Waals surface area contributed by atoms with Crippen LogP contribution in [-0.2, 0) is 12.2 Å². The lowest BCUT2D eigenvalue weighted by Gasteiger charge is -2.15.